The highest BCUT2D eigenvalue weighted by Crippen LogP contribution is 2.27. The Labute approximate surface area is 119 Å². The molecule has 1 heterocycles. The van der Waals surface area contributed by atoms with Gasteiger partial charge >= 0.3 is 6.18 Å². The lowest BCUT2D eigenvalue weighted by Crippen LogP contribution is -2.15. The summed E-state index contributed by atoms with van der Waals surface area (Å²) in [5.41, 5.74) is 1.41. The van der Waals surface area contributed by atoms with Crippen LogP contribution in [0.25, 0.3) is 0 Å². The van der Waals surface area contributed by atoms with E-state index >= 15 is 0 Å². The van der Waals surface area contributed by atoms with Gasteiger partial charge in [0.2, 0.25) is 0 Å². The first kappa shape index (κ1) is 15.0. The lowest BCUT2D eigenvalue weighted by molar-refractivity contribution is -0.141. The standard InChI is InChI=1S/C15H13F3N2O/c1-9-3-4-12(7-10(9)2)20-14(21)11-5-6-19-13(8-11)15(16,17)18/h3-8H,1-2H3,(H,20,21). The molecule has 0 unspecified atom stereocenters. The fourth-order valence-corrected chi connectivity index (χ4v) is 1.75. The Bertz CT molecular complexity index is 681. The van der Waals surface area contributed by atoms with Gasteiger partial charge in [0.15, 0.2) is 0 Å². The number of pyridine rings is 1. The van der Waals surface area contributed by atoms with Crippen LogP contribution in [-0.4, -0.2) is 10.9 Å². The van der Waals surface area contributed by atoms with E-state index < -0.39 is 17.8 Å². The molecular formula is C15H13F3N2O. The maximum atomic E-state index is 12.6. The summed E-state index contributed by atoms with van der Waals surface area (Å²) in [5, 5.41) is 2.57. The van der Waals surface area contributed by atoms with Gasteiger partial charge in [-0.3, -0.25) is 9.78 Å². The highest BCUT2D eigenvalue weighted by Gasteiger charge is 2.32. The number of halogens is 3. The van der Waals surface area contributed by atoms with E-state index in [-0.39, 0.29) is 5.56 Å². The van der Waals surface area contributed by atoms with Crippen molar-refractivity contribution in [2.45, 2.75) is 20.0 Å². The van der Waals surface area contributed by atoms with E-state index in [0.717, 1.165) is 23.4 Å². The van der Waals surface area contributed by atoms with Crippen LogP contribution in [0, 0.1) is 13.8 Å². The highest BCUT2D eigenvalue weighted by molar-refractivity contribution is 6.04. The molecule has 2 aromatic rings. The molecule has 1 aromatic heterocycles. The lowest BCUT2D eigenvalue weighted by Gasteiger charge is -2.09. The summed E-state index contributed by atoms with van der Waals surface area (Å²) < 4.78 is 37.7. The van der Waals surface area contributed by atoms with Gasteiger partial charge < -0.3 is 5.32 Å². The van der Waals surface area contributed by atoms with Crippen molar-refractivity contribution >= 4 is 11.6 Å². The number of hydrogen-bond acceptors (Lipinski definition) is 2. The number of aryl methyl sites for hydroxylation is 2. The van der Waals surface area contributed by atoms with E-state index in [1.165, 1.54) is 6.07 Å². The molecule has 110 valence electrons. The van der Waals surface area contributed by atoms with Crippen LogP contribution >= 0.6 is 0 Å². The van der Waals surface area contributed by atoms with E-state index in [1.807, 2.05) is 19.9 Å². The zero-order chi connectivity index (χ0) is 15.6. The Morgan fingerprint density at radius 1 is 1.10 bits per heavy atom. The summed E-state index contributed by atoms with van der Waals surface area (Å²) in [6.07, 6.45) is -3.60. The van der Waals surface area contributed by atoms with Gasteiger partial charge in [0.1, 0.15) is 5.69 Å². The molecule has 3 nitrogen and oxygen atoms in total. The molecule has 21 heavy (non-hydrogen) atoms. The van der Waals surface area contributed by atoms with Crippen LogP contribution in [0.3, 0.4) is 0 Å². The summed E-state index contributed by atoms with van der Waals surface area (Å²) in [7, 11) is 0. The first-order valence-corrected chi connectivity index (χ1v) is 6.19. The zero-order valence-electron chi connectivity index (χ0n) is 11.5. The number of benzene rings is 1. The third-order valence-corrected chi connectivity index (χ3v) is 3.08. The monoisotopic (exact) mass is 294 g/mol. The summed E-state index contributed by atoms with van der Waals surface area (Å²) >= 11 is 0. The SMILES string of the molecule is Cc1ccc(NC(=O)c2ccnc(C(F)(F)F)c2)cc1C. The number of rotatable bonds is 2. The minimum atomic E-state index is -4.57. The number of alkyl halides is 3. The van der Waals surface area contributed by atoms with Crippen molar-refractivity contribution in [2.75, 3.05) is 5.32 Å². The summed E-state index contributed by atoms with van der Waals surface area (Å²) in [6, 6.07) is 7.27. The Balaban J connectivity index is 2.22. The van der Waals surface area contributed by atoms with Crippen molar-refractivity contribution in [3.8, 4) is 0 Å². The molecule has 0 radical (unpaired) electrons. The van der Waals surface area contributed by atoms with E-state index in [2.05, 4.69) is 10.3 Å². The maximum Gasteiger partial charge on any atom is 0.433 e. The molecule has 0 aliphatic heterocycles. The van der Waals surface area contributed by atoms with Crippen molar-refractivity contribution in [1.82, 2.24) is 4.98 Å². The molecule has 0 saturated carbocycles. The Morgan fingerprint density at radius 3 is 2.43 bits per heavy atom. The molecular weight excluding hydrogens is 281 g/mol. The van der Waals surface area contributed by atoms with Gasteiger partial charge in [0.05, 0.1) is 0 Å². The van der Waals surface area contributed by atoms with Crippen molar-refractivity contribution in [3.63, 3.8) is 0 Å². The molecule has 2 rings (SSSR count). The minimum absolute atomic E-state index is 0.0875. The molecule has 6 heteroatoms. The first-order chi connectivity index (χ1) is 9.77. The van der Waals surface area contributed by atoms with Crippen molar-refractivity contribution in [1.29, 1.82) is 0 Å². The van der Waals surface area contributed by atoms with Crippen LogP contribution in [-0.2, 0) is 6.18 Å². The fourth-order valence-electron chi connectivity index (χ4n) is 1.75. The van der Waals surface area contributed by atoms with Crippen molar-refractivity contribution < 1.29 is 18.0 Å². The molecule has 0 spiro atoms. The predicted molar refractivity (Wildman–Crippen MR) is 73.1 cm³/mol. The molecule has 0 aliphatic carbocycles. The van der Waals surface area contributed by atoms with Crippen LogP contribution in [0.1, 0.15) is 27.2 Å². The van der Waals surface area contributed by atoms with Crippen molar-refractivity contribution in [2.24, 2.45) is 0 Å². The first-order valence-electron chi connectivity index (χ1n) is 6.19. The number of nitrogens with zero attached hydrogens (tertiary/aromatic N) is 1. The number of anilines is 1. The Kier molecular flexibility index (Phi) is 3.97. The topological polar surface area (TPSA) is 42.0 Å². The van der Waals surface area contributed by atoms with Crippen LogP contribution in [0.15, 0.2) is 36.5 Å². The number of carbonyl (C=O) groups excluding carboxylic acids is 1. The average Bonchev–Trinajstić information content (AvgIpc) is 2.42. The summed E-state index contributed by atoms with van der Waals surface area (Å²) in [5.74, 6) is -0.605. The number of aromatic nitrogens is 1. The van der Waals surface area contributed by atoms with Gasteiger partial charge in [-0.05, 0) is 49.2 Å². The lowest BCUT2D eigenvalue weighted by atomic mass is 10.1. The largest absolute Gasteiger partial charge is 0.433 e. The van der Waals surface area contributed by atoms with Crippen LogP contribution < -0.4 is 5.32 Å². The van der Waals surface area contributed by atoms with Gasteiger partial charge in [-0.15, -0.1) is 0 Å². The molecule has 0 fully saturated rings. The van der Waals surface area contributed by atoms with Crippen LogP contribution in [0.2, 0.25) is 0 Å². The second kappa shape index (κ2) is 5.55. The van der Waals surface area contributed by atoms with E-state index in [4.69, 9.17) is 0 Å². The van der Waals surface area contributed by atoms with Crippen LogP contribution in [0.5, 0.6) is 0 Å². The molecule has 1 aromatic carbocycles. The second-order valence-electron chi connectivity index (χ2n) is 4.68. The van der Waals surface area contributed by atoms with Gasteiger partial charge in [-0.25, -0.2) is 0 Å². The number of carbonyl (C=O) groups is 1. The Morgan fingerprint density at radius 2 is 1.81 bits per heavy atom. The smallest absolute Gasteiger partial charge is 0.322 e. The quantitative estimate of drug-likeness (QED) is 0.910. The van der Waals surface area contributed by atoms with E-state index in [9.17, 15) is 18.0 Å². The van der Waals surface area contributed by atoms with Gasteiger partial charge in [0, 0.05) is 17.4 Å². The second-order valence-corrected chi connectivity index (χ2v) is 4.68. The molecule has 1 amide bonds. The van der Waals surface area contributed by atoms with Gasteiger partial charge in [-0.2, -0.15) is 13.2 Å². The predicted octanol–water partition coefficient (Wildman–Crippen LogP) is 3.97. The van der Waals surface area contributed by atoms with E-state index in [0.29, 0.717) is 5.69 Å². The normalized spacial score (nSPS) is 11.3. The molecule has 1 N–H and O–H groups in total. The van der Waals surface area contributed by atoms with Gasteiger partial charge in [-0.1, -0.05) is 6.07 Å². The number of nitrogens with one attached hydrogen (secondary N) is 1. The van der Waals surface area contributed by atoms with E-state index in [1.54, 1.807) is 12.1 Å². The fraction of sp³-hybridized carbons (Fsp3) is 0.200. The highest BCUT2D eigenvalue weighted by atomic mass is 19.4. The van der Waals surface area contributed by atoms with Gasteiger partial charge in [0.25, 0.3) is 5.91 Å². The number of hydrogen-bond donors (Lipinski definition) is 1. The Hall–Kier alpha value is -2.37. The molecule has 0 atom stereocenters. The maximum absolute atomic E-state index is 12.6. The zero-order valence-corrected chi connectivity index (χ0v) is 11.5. The average molecular weight is 294 g/mol. The third kappa shape index (κ3) is 3.59. The molecule has 0 bridgehead atoms. The van der Waals surface area contributed by atoms with Crippen molar-refractivity contribution in [3.05, 3.63) is 58.9 Å². The minimum Gasteiger partial charge on any atom is -0.322 e. The number of amides is 1. The van der Waals surface area contributed by atoms with Crippen LogP contribution in [0.4, 0.5) is 18.9 Å². The third-order valence-electron chi connectivity index (χ3n) is 3.08. The summed E-state index contributed by atoms with van der Waals surface area (Å²) in [4.78, 5) is 15.2. The summed E-state index contributed by atoms with van der Waals surface area (Å²) in [6.45, 7) is 3.82. The molecule has 0 aliphatic rings. The molecule has 0 saturated heterocycles.